The molecule has 0 aliphatic heterocycles. The Bertz CT molecular complexity index is 1290. The van der Waals surface area contributed by atoms with E-state index in [-0.39, 0.29) is 24.3 Å². The van der Waals surface area contributed by atoms with Crippen molar-refractivity contribution in [1.82, 2.24) is 24.6 Å². The van der Waals surface area contributed by atoms with E-state index in [1.807, 2.05) is 49.4 Å². The maximum Gasteiger partial charge on any atom is 0.273 e. The fourth-order valence-corrected chi connectivity index (χ4v) is 3.57. The molecule has 0 aliphatic rings. The van der Waals surface area contributed by atoms with E-state index in [1.165, 1.54) is 0 Å². The van der Waals surface area contributed by atoms with Gasteiger partial charge in [-0.3, -0.25) is 14.2 Å². The van der Waals surface area contributed by atoms with E-state index in [4.69, 9.17) is 11.6 Å². The Morgan fingerprint density at radius 2 is 1.81 bits per heavy atom. The summed E-state index contributed by atoms with van der Waals surface area (Å²) in [7, 11) is 1.71. The molecule has 0 radical (unpaired) electrons. The topological polar surface area (TPSA) is 81.8 Å². The second-order valence-corrected chi connectivity index (χ2v) is 7.77. The summed E-state index contributed by atoms with van der Waals surface area (Å²) >= 11 is 5.88. The number of halogens is 1. The van der Waals surface area contributed by atoms with E-state index in [9.17, 15) is 9.59 Å². The van der Waals surface area contributed by atoms with Crippen LogP contribution in [0.25, 0.3) is 16.9 Å². The summed E-state index contributed by atoms with van der Waals surface area (Å²) in [5.41, 5.74) is 3.95. The Balaban J connectivity index is 1.53. The van der Waals surface area contributed by atoms with Gasteiger partial charge in [-0.05, 0) is 36.8 Å². The van der Waals surface area contributed by atoms with Gasteiger partial charge < -0.3 is 5.32 Å². The lowest BCUT2D eigenvalue weighted by Gasteiger charge is -2.09. The molecule has 0 atom stereocenters. The second-order valence-electron chi connectivity index (χ2n) is 7.33. The van der Waals surface area contributed by atoms with Gasteiger partial charge in [0.15, 0.2) is 5.65 Å². The van der Waals surface area contributed by atoms with Crippen LogP contribution in [0.1, 0.15) is 23.4 Å². The molecule has 4 aromatic rings. The van der Waals surface area contributed by atoms with Crippen LogP contribution in [0, 0.1) is 6.92 Å². The van der Waals surface area contributed by atoms with Crippen molar-refractivity contribution in [2.45, 2.75) is 26.3 Å². The minimum absolute atomic E-state index is 0.143. The number of nitrogens with zero attached hydrogens (tertiary/aromatic N) is 4. The molecule has 0 saturated heterocycles. The minimum atomic E-state index is -0.227. The Morgan fingerprint density at radius 3 is 2.52 bits per heavy atom. The van der Waals surface area contributed by atoms with E-state index in [0.717, 1.165) is 16.9 Å². The normalized spacial score (nSPS) is 11.1. The lowest BCUT2D eigenvalue weighted by atomic mass is 10.2. The molecule has 0 spiro atoms. The first-order valence-electron chi connectivity index (χ1n) is 9.96. The molecule has 0 unspecified atom stereocenters. The zero-order valence-electron chi connectivity index (χ0n) is 17.3. The smallest absolute Gasteiger partial charge is 0.273 e. The molecule has 4 rings (SSSR count). The van der Waals surface area contributed by atoms with Crippen molar-refractivity contribution >= 4 is 28.7 Å². The third-order valence-corrected chi connectivity index (χ3v) is 5.37. The highest BCUT2D eigenvalue weighted by Crippen LogP contribution is 2.19. The number of nitrogens with one attached hydrogen (secondary N) is 1. The first-order valence-corrected chi connectivity index (χ1v) is 10.3. The number of fused-ring (bicyclic) bond motifs is 1. The van der Waals surface area contributed by atoms with Crippen LogP contribution in [0.5, 0.6) is 0 Å². The summed E-state index contributed by atoms with van der Waals surface area (Å²) in [5, 5.41) is 8.09. The van der Waals surface area contributed by atoms with Crippen LogP contribution >= 0.6 is 11.6 Å². The highest BCUT2D eigenvalue weighted by molar-refractivity contribution is 6.30. The first-order chi connectivity index (χ1) is 14.9. The second kappa shape index (κ2) is 8.73. The summed E-state index contributed by atoms with van der Waals surface area (Å²) in [5.74, 6) is -0.143. The number of aryl methyl sites for hydroxylation is 3. The number of carbonyl (C=O) groups is 1. The molecule has 0 saturated carbocycles. The van der Waals surface area contributed by atoms with Crippen LogP contribution < -0.4 is 10.9 Å². The van der Waals surface area contributed by atoms with Crippen molar-refractivity contribution in [2.75, 3.05) is 0 Å². The van der Waals surface area contributed by atoms with Gasteiger partial charge in [-0.25, -0.2) is 9.67 Å². The quantitative estimate of drug-likeness (QED) is 0.503. The summed E-state index contributed by atoms with van der Waals surface area (Å²) in [6.07, 6.45) is 0.429. The first kappa shape index (κ1) is 20.8. The third-order valence-electron chi connectivity index (χ3n) is 5.11. The molecule has 1 N–H and O–H groups in total. The molecule has 8 heteroatoms. The molecule has 2 heterocycles. The predicted molar refractivity (Wildman–Crippen MR) is 120 cm³/mol. The van der Waals surface area contributed by atoms with Crippen LogP contribution in [0.2, 0.25) is 5.02 Å². The van der Waals surface area contributed by atoms with Crippen molar-refractivity contribution in [3.05, 3.63) is 86.9 Å². The summed E-state index contributed by atoms with van der Waals surface area (Å²) in [6, 6.07) is 16.9. The van der Waals surface area contributed by atoms with E-state index in [0.29, 0.717) is 28.4 Å². The number of aromatic nitrogens is 4. The lowest BCUT2D eigenvalue weighted by molar-refractivity contribution is -0.121. The van der Waals surface area contributed by atoms with Gasteiger partial charge >= 0.3 is 0 Å². The van der Waals surface area contributed by atoms with E-state index in [2.05, 4.69) is 15.4 Å². The van der Waals surface area contributed by atoms with Gasteiger partial charge in [0.05, 0.1) is 11.4 Å². The lowest BCUT2D eigenvalue weighted by Crippen LogP contribution is -2.27. The Morgan fingerprint density at radius 1 is 1.10 bits per heavy atom. The average Bonchev–Trinajstić information content (AvgIpc) is 3.11. The van der Waals surface area contributed by atoms with Crippen LogP contribution in [0.15, 0.2) is 59.4 Å². The number of benzene rings is 2. The number of para-hydroxylation sites is 1. The average molecular weight is 436 g/mol. The molecule has 1 amide bonds. The molecule has 7 nitrogen and oxygen atoms in total. The van der Waals surface area contributed by atoms with E-state index < -0.39 is 0 Å². The molecule has 158 valence electrons. The molecule has 31 heavy (non-hydrogen) atoms. The van der Waals surface area contributed by atoms with Gasteiger partial charge in [-0.1, -0.05) is 41.9 Å². The minimum Gasteiger partial charge on any atom is -0.352 e. The maximum atomic E-state index is 12.9. The Labute approximate surface area is 184 Å². The highest BCUT2D eigenvalue weighted by Gasteiger charge is 2.18. The number of amides is 1. The summed E-state index contributed by atoms with van der Waals surface area (Å²) < 4.78 is 3.28. The van der Waals surface area contributed by atoms with Crippen molar-refractivity contribution in [1.29, 1.82) is 0 Å². The van der Waals surface area contributed by atoms with Crippen LogP contribution in [-0.2, 0) is 24.8 Å². The molecule has 0 bridgehead atoms. The van der Waals surface area contributed by atoms with Crippen LogP contribution in [0.3, 0.4) is 0 Å². The van der Waals surface area contributed by atoms with Crippen molar-refractivity contribution in [3.63, 3.8) is 0 Å². The van der Waals surface area contributed by atoms with E-state index >= 15 is 0 Å². The Hall–Kier alpha value is -3.45. The third kappa shape index (κ3) is 4.36. The van der Waals surface area contributed by atoms with E-state index in [1.54, 1.807) is 28.4 Å². The monoisotopic (exact) mass is 435 g/mol. The number of carbonyl (C=O) groups excluding carboxylic acids is 1. The molecular formula is C23H22ClN5O2. The molecule has 2 aromatic heterocycles. The predicted octanol–water partition coefficient (Wildman–Crippen LogP) is 3.33. The van der Waals surface area contributed by atoms with Gasteiger partial charge in [0.25, 0.3) is 5.56 Å². The zero-order valence-corrected chi connectivity index (χ0v) is 18.1. The van der Waals surface area contributed by atoms with Crippen LogP contribution in [0.4, 0.5) is 0 Å². The van der Waals surface area contributed by atoms with Crippen molar-refractivity contribution in [3.8, 4) is 5.69 Å². The van der Waals surface area contributed by atoms with Gasteiger partial charge in [0, 0.05) is 31.5 Å². The maximum absolute atomic E-state index is 12.9. The van der Waals surface area contributed by atoms with Crippen molar-refractivity contribution < 1.29 is 4.79 Å². The number of hydrogen-bond donors (Lipinski definition) is 1. The highest BCUT2D eigenvalue weighted by atomic mass is 35.5. The van der Waals surface area contributed by atoms with Gasteiger partial charge in [0.1, 0.15) is 11.2 Å². The van der Waals surface area contributed by atoms with Gasteiger partial charge in [0.2, 0.25) is 5.91 Å². The summed E-state index contributed by atoms with van der Waals surface area (Å²) in [6.45, 7) is 2.27. The van der Waals surface area contributed by atoms with Gasteiger partial charge in [-0.15, -0.1) is 0 Å². The number of hydrogen-bond acceptors (Lipinski definition) is 4. The van der Waals surface area contributed by atoms with Gasteiger partial charge in [-0.2, -0.15) is 5.10 Å². The molecule has 2 aromatic carbocycles. The molecule has 0 fully saturated rings. The zero-order chi connectivity index (χ0) is 22.0. The number of rotatable bonds is 6. The fraction of sp³-hybridized carbons (Fsp3) is 0.217. The van der Waals surface area contributed by atoms with Crippen molar-refractivity contribution in [2.24, 2.45) is 7.05 Å². The largest absolute Gasteiger partial charge is 0.352 e. The SMILES string of the molecule is Cc1nn(-c2ccccc2)c2c1nc(CCC(=O)NCc1ccc(Cl)cc1)c(=O)n2C. The standard InChI is InChI=1S/C23H22ClN5O2/c1-15-21-22(29(27-15)18-6-4-3-5-7-18)28(2)23(31)19(26-21)12-13-20(30)25-14-16-8-10-17(24)11-9-16/h3-11H,12-14H2,1-2H3,(H,25,30). The Kier molecular flexibility index (Phi) is 5.86. The molecule has 0 aliphatic carbocycles. The summed E-state index contributed by atoms with van der Waals surface area (Å²) in [4.78, 5) is 29.8. The fourth-order valence-electron chi connectivity index (χ4n) is 3.45. The van der Waals surface area contributed by atoms with Crippen LogP contribution in [-0.4, -0.2) is 25.2 Å². The molecular weight excluding hydrogens is 414 g/mol.